The second kappa shape index (κ2) is 11.9. The Bertz CT molecular complexity index is 1920. The molecular formula is C35H28IrN6O-4. The van der Waals surface area contributed by atoms with Crippen LogP contribution in [0.3, 0.4) is 0 Å². The summed E-state index contributed by atoms with van der Waals surface area (Å²) in [5.41, 5.74) is 6.90. The van der Waals surface area contributed by atoms with Crippen molar-refractivity contribution in [1.82, 2.24) is 14.9 Å². The Morgan fingerprint density at radius 3 is 2.42 bits per heavy atom. The van der Waals surface area contributed by atoms with Gasteiger partial charge in [0.25, 0.3) is 0 Å². The van der Waals surface area contributed by atoms with Gasteiger partial charge in [-0.2, -0.15) is 61.9 Å². The van der Waals surface area contributed by atoms with Crippen molar-refractivity contribution in [2.24, 2.45) is 0 Å². The van der Waals surface area contributed by atoms with E-state index < -0.39 is 0 Å². The first kappa shape index (κ1) is 28.5. The van der Waals surface area contributed by atoms with Crippen LogP contribution in [0.1, 0.15) is 5.56 Å². The molecule has 0 spiro atoms. The number of fused-ring (bicyclic) bond motifs is 4. The molecule has 8 heteroatoms. The van der Waals surface area contributed by atoms with E-state index in [0.717, 1.165) is 56.2 Å². The number of furan rings is 1. The fraction of sp³-hybridized carbons (Fsp3) is 0.0857. The first-order valence-electron chi connectivity index (χ1n) is 13.7. The third-order valence-electron chi connectivity index (χ3n) is 7.32. The third-order valence-corrected chi connectivity index (χ3v) is 7.32. The second-order valence-corrected chi connectivity index (χ2v) is 10.2. The maximum atomic E-state index is 5.99. The summed E-state index contributed by atoms with van der Waals surface area (Å²) in [7, 11) is 3.99. The molecule has 0 N–H and O–H groups in total. The number of para-hydroxylation sites is 2. The summed E-state index contributed by atoms with van der Waals surface area (Å²) in [4.78, 5) is 17.4. The Kier molecular flexibility index (Phi) is 7.89. The van der Waals surface area contributed by atoms with Crippen LogP contribution in [0.4, 0.5) is 22.9 Å². The minimum absolute atomic E-state index is 0. The summed E-state index contributed by atoms with van der Waals surface area (Å²) in [6, 6.07) is 34.7. The minimum atomic E-state index is 0. The molecule has 6 aromatic rings. The van der Waals surface area contributed by atoms with Gasteiger partial charge < -0.3 is 24.0 Å². The summed E-state index contributed by atoms with van der Waals surface area (Å²) in [5, 5.41) is 2.27. The summed E-state index contributed by atoms with van der Waals surface area (Å²) in [6.45, 7) is 6.08. The molecule has 0 saturated heterocycles. The van der Waals surface area contributed by atoms with E-state index in [1.165, 1.54) is 5.56 Å². The number of nitrogens with zero attached hydrogens (tertiary/aromatic N) is 6. The molecule has 0 amide bonds. The van der Waals surface area contributed by atoms with Gasteiger partial charge in [-0.1, -0.05) is 53.5 Å². The summed E-state index contributed by atoms with van der Waals surface area (Å²) >= 11 is 0. The number of rotatable bonds is 3. The Hall–Kier alpha value is -4.65. The molecule has 0 fully saturated rings. The topological polar surface area (TPSA) is 51.9 Å². The fourth-order valence-corrected chi connectivity index (χ4v) is 5.22. The molecule has 2 aromatic heterocycles. The first-order valence-corrected chi connectivity index (χ1v) is 13.7. The zero-order valence-corrected chi connectivity index (χ0v) is 26.3. The molecule has 43 heavy (non-hydrogen) atoms. The molecule has 0 atom stereocenters. The predicted molar refractivity (Wildman–Crippen MR) is 169 cm³/mol. The molecular weight excluding hydrogens is 713 g/mol. The van der Waals surface area contributed by atoms with Gasteiger partial charge in [0.2, 0.25) is 0 Å². The largest absolute Gasteiger partial charge is 0.514 e. The van der Waals surface area contributed by atoms with E-state index in [-0.39, 0.29) is 20.1 Å². The second-order valence-electron chi connectivity index (χ2n) is 10.2. The standard InChI is InChI=1S/C19H16N4.C16H12N2O.Ir/c1-14-8-6-7-11-16(14)18-20-12-17-19(21-18)22(2)13-23(17)15-9-4-3-5-10-15;1-17-9-10-18(11-17)14-7-4-6-13-12-5-2-3-8-15(12)19-16(13)14;/h3-9,11-13H,1-2H3;2-6,8-11H,1H3;/q2*-2;. The quantitative estimate of drug-likeness (QED) is 0.173. The number of benzene rings is 4. The van der Waals surface area contributed by atoms with Crippen LogP contribution < -0.4 is 14.7 Å². The summed E-state index contributed by atoms with van der Waals surface area (Å²) in [6.07, 6.45) is 5.87. The minimum Gasteiger partial charge on any atom is -0.514 e. The molecule has 4 heterocycles. The van der Waals surface area contributed by atoms with Crippen molar-refractivity contribution in [2.45, 2.75) is 6.92 Å². The van der Waals surface area contributed by atoms with Crippen molar-refractivity contribution in [3.8, 4) is 11.4 Å². The average Bonchev–Trinajstić information content (AvgIpc) is 3.73. The van der Waals surface area contributed by atoms with Crippen LogP contribution in [-0.2, 0) is 20.1 Å². The van der Waals surface area contributed by atoms with Crippen LogP contribution in [0.2, 0.25) is 0 Å². The van der Waals surface area contributed by atoms with Crippen molar-refractivity contribution in [3.63, 3.8) is 0 Å². The summed E-state index contributed by atoms with van der Waals surface area (Å²) < 4.78 is 5.99. The van der Waals surface area contributed by atoms with Crippen molar-refractivity contribution in [3.05, 3.63) is 135 Å². The van der Waals surface area contributed by atoms with Crippen LogP contribution in [-0.4, -0.2) is 29.0 Å². The van der Waals surface area contributed by atoms with Crippen molar-refractivity contribution >= 4 is 44.8 Å². The zero-order chi connectivity index (χ0) is 28.6. The zero-order valence-electron chi connectivity index (χ0n) is 23.9. The molecule has 1 radical (unpaired) electrons. The molecule has 0 bridgehead atoms. The predicted octanol–water partition coefficient (Wildman–Crippen LogP) is 7.69. The van der Waals surface area contributed by atoms with E-state index in [1.807, 2.05) is 127 Å². The molecule has 2 aliphatic heterocycles. The molecule has 7 nitrogen and oxygen atoms in total. The Morgan fingerprint density at radius 1 is 0.814 bits per heavy atom. The van der Waals surface area contributed by atoms with E-state index in [0.29, 0.717) is 0 Å². The molecule has 4 aromatic carbocycles. The first-order chi connectivity index (χ1) is 20.6. The molecule has 8 rings (SSSR count). The van der Waals surface area contributed by atoms with Gasteiger partial charge in [0.15, 0.2) is 5.82 Å². The SMILES string of the molecule is CN1C=CN(c2[c-]ccc3c2oc2ccccc23)[CH-]1.Cc1ccccc1-c1ncc2c(n1)N(C)[CH-]N2c1[c-]cccc1.[Ir]. The Balaban J connectivity index is 0.000000152. The molecule has 2 aliphatic rings. The van der Waals surface area contributed by atoms with Crippen molar-refractivity contribution < 1.29 is 24.5 Å². The van der Waals surface area contributed by atoms with Gasteiger partial charge in [-0.3, -0.25) is 0 Å². The van der Waals surface area contributed by atoms with E-state index >= 15 is 0 Å². The molecule has 217 valence electrons. The number of anilines is 4. The van der Waals surface area contributed by atoms with Crippen molar-refractivity contribution in [2.75, 3.05) is 28.8 Å². The Labute approximate surface area is 265 Å². The maximum Gasteiger partial charge on any atom is 0.161 e. The van der Waals surface area contributed by atoms with Gasteiger partial charge in [-0.25, -0.2) is 9.97 Å². The van der Waals surface area contributed by atoms with Crippen LogP contribution in [0, 0.1) is 32.4 Å². The van der Waals surface area contributed by atoms with Gasteiger partial charge in [0.05, 0.1) is 11.9 Å². The van der Waals surface area contributed by atoms with Crippen LogP contribution in [0.15, 0.2) is 108 Å². The number of aryl methyl sites for hydroxylation is 1. The van der Waals surface area contributed by atoms with Gasteiger partial charge in [0, 0.05) is 36.6 Å². The number of hydrogen-bond acceptors (Lipinski definition) is 7. The Morgan fingerprint density at radius 2 is 1.63 bits per heavy atom. The van der Waals surface area contributed by atoms with Crippen LogP contribution >= 0.6 is 0 Å². The normalized spacial score (nSPS) is 13.7. The van der Waals surface area contributed by atoms with E-state index in [9.17, 15) is 0 Å². The van der Waals surface area contributed by atoms with E-state index in [4.69, 9.17) is 9.40 Å². The van der Waals surface area contributed by atoms with Crippen LogP contribution in [0.25, 0.3) is 33.3 Å². The fourth-order valence-electron chi connectivity index (χ4n) is 5.22. The molecule has 0 aliphatic carbocycles. The van der Waals surface area contributed by atoms with Gasteiger partial charge >= 0.3 is 0 Å². The maximum absolute atomic E-state index is 5.99. The average molecular weight is 741 g/mol. The number of aromatic nitrogens is 2. The van der Waals surface area contributed by atoms with Crippen LogP contribution in [0.5, 0.6) is 0 Å². The molecule has 0 saturated carbocycles. The van der Waals surface area contributed by atoms with Gasteiger partial charge in [-0.15, -0.1) is 5.69 Å². The smallest absolute Gasteiger partial charge is 0.161 e. The van der Waals surface area contributed by atoms with E-state index in [1.54, 1.807) is 0 Å². The van der Waals surface area contributed by atoms with Gasteiger partial charge in [0.1, 0.15) is 11.4 Å². The number of hydrogen-bond donors (Lipinski definition) is 0. The van der Waals surface area contributed by atoms with Crippen molar-refractivity contribution in [1.29, 1.82) is 0 Å². The summed E-state index contributed by atoms with van der Waals surface area (Å²) in [5.74, 6) is 1.65. The van der Waals surface area contributed by atoms with E-state index in [2.05, 4.69) is 47.1 Å². The monoisotopic (exact) mass is 741 g/mol. The van der Waals surface area contributed by atoms with Gasteiger partial charge in [-0.05, 0) is 45.0 Å². The molecule has 0 unspecified atom stereocenters. The third kappa shape index (κ3) is 5.36.